The standard InChI is InChI=1S/C22H25ClN2O4/c1-24(14-15-6-4-7-17(12-15)28-2)22(27)19-8-5-11-25(19)21(26)18-13-16(23)9-10-20(18)29-3/h4,6-7,9-10,12-13,19H,5,8,11,14H2,1-3H3/t19-/m1/s1. The molecule has 29 heavy (non-hydrogen) atoms. The number of rotatable bonds is 6. The van der Waals surface area contributed by atoms with Gasteiger partial charge < -0.3 is 19.3 Å². The molecule has 0 N–H and O–H groups in total. The zero-order valence-electron chi connectivity index (χ0n) is 16.9. The van der Waals surface area contributed by atoms with Crippen molar-refractivity contribution in [2.45, 2.75) is 25.4 Å². The van der Waals surface area contributed by atoms with E-state index in [-0.39, 0.29) is 11.8 Å². The fourth-order valence-electron chi connectivity index (χ4n) is 3.65. The SMILES string of the molecule is COc1cccc(CN(C)C(=O)[C@H]2CCCN2C(=O)c2cc(Cl)ccc2OC)c1. The molecule has 0 aromatic heterocycles. The van der Waals surface area contributed by atoms with Gasteiger partial charge in [-0.3, -0.25) is 9.59 Å². The molecule has 6 nitrogen and oxygen atoms in total. The Labute approximate surface area is 176 Å². The maximum Gasteiger partial charge on any atom is 0.258 e. The van der Waals surface area contributed by atoms with Crippen LogP contribution in [0.15, 0.2) is 42.5 Å². The molecule has 0 unspecified atom stereocenters. The average Bonchev–Trinajstić information content (AvgIpc) is 3.22. The Morgan fingerprint density at radius 2 is 1.97 bits per heavy atom. The van der Waals surface area contributed by atoms with Crippen LogP contribution in [0.3, 0.4) is 0 Å². The van der Waals surface area contributed by atoms with Crippen LogP contribution in [0.2, 0.25) is 5.02 Å². The molecule has 2 aromatic carbocycles. The van der Waals surface area contributed by atoms with Gasteiger partial charge in [0.2, 0.25) is 5.91 Å². The molecule has 2 aromatic rings. The van der Waals surface area contributed by atoms with Gasteiger partial charge in [-0.25, -0.2) is 0 Å². The second-order valence-corrected chi connectivity index (χ2v) is 7.48. The summed E-state index contributed by atoms with van der Waals surface area (Å²) < 4.78 is 10.6. The summed E-state index contributed by atoms with van der Waals surface area (Å²) in [5.41, 5.74) is 1.34. The van der Waals surface area contributed by atoms with Gasteiger partial charge in [0.05, 0.1) is 19.8 Å². The lowest BCUT2D eigenvalue weighted by Crippen LogP contribution is -2.46. The Morgan fingerprint density at radius 1 is 1.17 bits per heavy atom. The Kier molecular flexibility index (Phi) is 6.64. The van der Waals surface area contributed by atoms with Crippen LogP contribution >= 0.6 is 11.6 Å². The van der Waals surface area contributed by atoms with E-state index in [1.54, 1.807) is 42.2 Å². The number of amides is 2. The number of benzene rings is 2. The molecule has 0 radical (unpaired) electrons. The first-order chi connectivity index (χ1) is 13.9. The van der Waals surface area contributed by atoms with E-state index in [1.165, 1.54) is 7.11 Å². The van der Waals surface area contributed by atoms with E-state index in [1.807, 2.05) is 24.3 Å². The van der Waals surface area contributed by atoms with E-state index >= 15 is 0 Å². The predicted molar refractivity (Wildman–Crippen MR) is 112 cm³/mol. The maximum absolute atomic E-state index is 13.2. The van der Waals surface area contributed by atoms with Gasteiger partial charge in [-0.2, -0.15) is 0 Å². The third kappa shape index (κ3) is 4.65. The largest absolute Gasteiger partial charge is 0.497 e. The molecule has 1 fully saturated rings. The normalized spacial score (nSPS) is 15.9. The molecule has 7 heteroatoms. The van der Waals surface area contributed by atoms with Crippen molar-refractivity contribution in [2.24, 2.45) is 0 Å². The van der Waals surface area contributed by atoms with Crippen molar-refractivity contribution in [1.82, 2.24) is 9.80 Å². The van der Waals surface area contributed by atoms with E-state index in [0.717, 1.165) is 17.7 Å². The fourth-order valence-corrected chi connectivity index (χ4v) is 3.82. The van der Waals surface area contributed by atoms with Crippen molar-refractivity contribution >= 4 is 23.4 Å². The molecule has 1 atom stereocenters. The van der Waals surface area contributed by atoms with Crippen LogP contribution in [0, 0.1) is 0 Å². The third-order valence-corrected chi connectivity index (χ3v) is 5.36. The van der Waals surface area contributed by atoms with Gasteiger partial charge in [0.25, 0.3) is 5.91 Å². The number of halogens is 1. The molecule has 0 spiro atoms. The van der Waals surface area contributed by atoms with Gasteiger partial charge in [0.15, 0.2) is 0 Å². The van der Waals surface area contributed by atoms with E-state index in [9.17, 15) is 9.59 Å². The summed E-state index contributed by atoms with van der Waals surface area (Å²) in [4.78, 5) is 29.6. The molecule has 1 aliphatic rings. The van der Waals surface area contributed by atoms with E-state index in [2.05, 4.69) is 0 Å². The summed E-state index contributed by atoms with van der Waals surface area (Å²) in [5.74, 6) is 0.867. The zero-order valence-corrected chi connectivity index (χ0v) is 17.6. The lowest BCUT2D eigenvalue weighted by Gasteiger charge is -2.28. The molecule has 3 rings (SSSR count). The average molecular weight is 417 g/mol. The maximum atomic E-state index is 13.2. The lowest BCUT2D eigenvalue weighted by molar-refractivity contribution is -0.134. The molecule has 154 valence electrons. The summed E-state index contributed by atoms with van der Waals surface area (Å²) in [6, 6.07) is 12.0. The first kappa shape index (κ1) is 21.0. The highest BCUT2D eigenvalue weighted by molar-refractivity contribution is 6.31. The number of hydrogen-bond donors (Lipinski definition) is 0. The number of hydrogen-bond acceptors (Lipinski definition) is 4. The second kappa shape index (κ2) is 9.18. The molecule has 1 aliphatic heterocycles. The molecule has 1 saturated heterocycles. The van der Waals surface area contributed by atoms with Gasteiger partial charge in [0, 0.05) is 25.2 Å². The van der Waals surface area contributed by atoms with Crippen LogP contribution in [0.4, 0.5) is 0 Å². The second-order valence-electron chi connectivity index (χ2n) is 7.05. The van der Waals surface area contributed by atoms with E-state index < -0.39 is 6.04 Å². The van der Waals surface area contributed by atoms with Gasteiger partial charge in [-0.15, -0.1) is 0 Å². The number of nitrogens with zero attached hydrogens (tertiary/aromatic N) is 2. The quantitative estimate of drug-likeness (QED) is 0.721. The number of carbonyl (C=O) groups is 2. The van der Waals surface area contributed by atoms with Gasteiger partial charge >= 0.3 is 0 Å². The highest BCUT2D eigenvalue weighted by Gasteiger charge is 2.37. The summed E-state index contributed by atoms with van der Waals surface area (Å²) in [5, 5.41) is 0.450. The topological polar surface area (TPSA) is 59.1 Å². The summed E-state index contributed by atoms with van der Waals surface area (Å²) in [6.45, 7) is 0.965. The fraction of sp³-hybridized carbons (Fsp3) is 0.364. The van der Waals surface area contributed by atoms with Crippen molar-refractivity contribution < 1.29 is 19.1 Å². The highest BCUT2D eigenvalue weighted by Crippen LogP contribution is 2.28. The molecule has 0 saturated carbocycles. The minimum Gasteiger partial charge on any atom is -0.497 e. The number of likely N-dealkylation sites (N-methyl/N-ethyl adjacent to an activating group) is 1. The first-order valence-corrected chi connectivity index (χ1v) is 9.84. The zero-order chi connectivity index (χ0) is 21.0. The third-order valence-electron chi connectivity index (χ3n) is 5.12. The van der Waals surface area contributed by atoms with Crippen molar-refractivity contribution in [3.05, 3.63) is 58.6 Å². The van der Waals surface area contributed by atoms with Crippen molar-refractivity contribution in [2.75, 3.05) is 27.8 Å². The monoisotopic (exact) mass is 416 g/mol. The van der Waals surface area contributed by atoms with Crippen LogP contribution in [-0.2, 0) is 11.3 Å². The van der Waals surface area contributed by atoms with Crippen LogP contribution in [-0.4, -0.2) is 55.5 Å². The van der Waals surface area contributed by atoms with Crippen LogP contribution in [0.5, 0.6) is 11.5 Å². The summed E-state index contributed by atoms with van der Waals surface area (Å²) in [6.07, 6.45) is 1.41. The van der Waals surface area contributed by atoms with Gasteiger partial charge in [0.1, 0.15) is 17.5 Å². The Bertz CT molecular complexity index is 902. The Morgan fingerprint density at radius 3 is 2.69 bits per heavy atom. The van der Waals surface area contributed by atoms with Crippen molar-refractivity contribution in [3.63, 3.8) is 0 Å². The number of likely N-dealkylation sites (tertiary alicyclic amines) is 1. The van der Waals surface area contributed by atoms with Gasteiger partial charge in [-0.1, -0.05) is 23.7 Å². The summed E-state index contributed by atoms with van der Waals surface area (Å²) in [7, 11) is 4.87. The molecule has 0 aliphatic carbocycles. The predicted octanol–water partition coefficient (Wildman–Crippen LogP) is 3.62. The van der Waals surface area contributed by atoms with Crippen LogP contribution in [0.25, 0.3) is 0 Å². The first-order valence-electron chi connectivity index (χ1n) is 9.47. The lowest BCUT2D eigenvalue weighted by atomic mass is 10.1. The molecular weight excluding hydrogens is 392 g/mol. The molecule has 0 bridgehead atoms. The Hall–Kier alpha value is -2.73. The number of carbonyl (C=O) groups excluding carboxylic acids is 2. The van der Waals surface area contributed by atoms with Crippen molar-refractivity contribution in [1.29, 1.82) is 0 Å². The number of ether oxygens (including phenoxy) is 2. The molecule has 2 amide bonds. The van der Waals surface area contributed by atoms with Crippen molar-refractivity contribution in [3.8, 4) is 11.5 Å². The Balaban J connectivity index is 1.76. The van der Waals surface area contributed by atoms with Crippen LogP contribution < -0.4 is 9.47 Å². The highest BCUT2D eigenvalue weighted by atomic mass is 35.5. The summed E-state index contributed by atoms with van der Waals surface area (Å²) >= 11 is 6.08. The van der Waals surface area contributed by atoms with E-state index in [4.69, 9.17) is 21.1 Å². The minimum absolute atomic E-state index is 0.0836. The smallest absolute Gasteiger partial charge is 0.258 e. The molecule has 1 heterocycles. The minimum atomic E-state index is -0.498. The molecular formula is C22H25ClN2O4. The van der Waals surface area contributed by atoms with Gasteiger partial charge in [-0.05, 0) is 48.7 Å². The van der Waals surface area contributed by atoms with E-state index in [0.29, 0.717) is 35.8 Å². The van der Waals surface area contributed by atoms with Crippen LogP contribution in [0.1, 0.15) is 28.8 Å². The number of methoxy groups -OCH3 is 2.